The fourth-order valence-electron chi connectivity index (χ4n) is 1.80. The molecule has 0 heterocycles. The topological polar surface area (TPSA) is 40.9 Å². The first-order valence-electron chi connectivity index (χ1n) is 4.90. The summed E-state index contributed by atoms with van der Waals surface area (Å²) in [5.41, 5.74) is -0.0900. The predicted molar refractivity (Wildman–Crippen MR) is 60.4 cm³/mol. The van der Waals surface area contributed by atoms with E-state index in [1.807, 2.05) is 12.1 Å². The minimum Gasteiger partial charge on any atom is -0.292 e. The molecule has 1 aromatic carbocycles. The van der Waals surface area contributed by atoms with Crippen LogP contribution in [0.15, 0.2) is 28.7 Å². The number of carbonyl (C=O) groups excluding carboxylic acids is 1. The molecule has 0 radical (unpaired) electrons. The van der Waals surface area contributed by atoms with Gasteiger partial charge in [-0.25, -0.2) is 0 Å². The van der Waals surface area contributed by atoms with E-state index in [-0.39, 0.29) is 5.78 Å². The molecule has 0 unspecified atom stereocenters. The van der Waals surface area contributed by atoms with E-state index < -0.39 is 5.41 Å². The Labute approximate surface area is 97.0 Å². The lowest BCUT2D eigenvalue weighted by molar-refractivity contribution is 0.0748. The molecule has 0 bridgehead atoms. The van der Waals surface area contributed by atoms with E-state index in [9.17, 15) is 4.79 Å². The molecule has 1 aromatic rings. The Balaban J connectivity index is 2.29. The predicted octanol–water partition coefficient (Wildman–Crippen LogP) is 3.33. The van der Waals surface area contributed by atoms with E-state index in [0.717, 1.165) is 10.9 Å². The first kappa shape index (κ1) is 10.4. The van der Waals surface area contributed by atoms with Crippen molar-refractivity contribution in [3.8, 4) is 6.07 Å². The lowest BCUT2D eigenvalue weighted by Crippen LogP contribution is -2.36. The van der Waals surface area contributed by atoms with Crippen LogP contribution in [0.5, 0.6) is 0 Å². The molecule has 1 fully saturated rings. The van der Waals surface area contributed by atoms with Gasteiger partial charge in [0.25, 0.3) is 0 Å². The molecule has 76 valence electrons. The highest BCUT2D eigenvalue weighted by Crippen LogP contribution is 2.42. The number of halogens is 1. The van der Waals surface area contributed by atoms with Crippen LogP contribution in [0.3, 0.4) is 0 Å². The molecule has 1 saturated carbocycles. The molecule has 0 amide bonds. The van der Waals surface area contributed by atoms with Crippen molar-refractivity contribution in [3.05, 3.63) is 34.3 Å². The largest absolute Gasteiger partial charge is 0.292 e. The van der Waals surface area contributed by atoms with E-state index in [0.29, 0.717) is 18.4 Å². The number of ketones is 1. The molecule has 3 heteroatoms. The number of hydrogen-bond donors (Lipinski definition) is 0. The molecule has 0 atom stereocenters. The van der Waals surface area contributed by atoms with Gasteiger partial charge >= 0.3 is 0 Å². The fraction of sp³-hybridized carbons (Fsp3) is 0.333. The molecular formula is C12H10BrNO. The van der Waals surface area contributed by atoms with Gasteiger partial charge in [0.15, 0.2) is 5.78 Å². The number of nitriles is 1. The lowest BCUT2D eigenvalue weighted by Gasteiger charge is -2.33. The third-order valence-electron chi connectivity index (χ3n) is 2.96. The third-order valence-corrected chi connectivity index (χ3v) is 3.49. The molecule has 2 rings (SSSR count). The smallest absolute Gasteiger partial charge is 0.183 e. The number of rotatable bonds is 2. The van der Waals surface area contributed by atoms with Crippen LogP contribution >= 0.6 is 15.9 Å². The second kappa shape index (κ2) is 3.79. The average molecular weight is 264 g/mol. The zero-order valence-electron chi connectivity index (χ0n) is 8.16. The number of hydrogen-bond acceptors (Lipinski definition) is 2. The second-order valence-corrected chi connectivity index (χ2v) is 4.80. The number of carbonyl (C=O) groups is 1. The first-order valence-corrected chi connectivity index (χ1v) is 5.69. The van der Waals surface area contributed by atoms with Gasteiger partial charge in [0.2, 0.25) is 0 Å². The summed E-state index contributed by atoms with van der Waals surface area (Å²) in [6, 6.07) is 9.36. The highest BCUT2D eigenvalue weighted by molar-refractivity contribution is 9.10. The van der Waals surface area contributed by atoms with Crippen LogP contribution in [0.25, 0.3) is 0 Å². The Hall–Kier alpha value is -1.14. The summed E-state index contributed by atoms with van der Waals surface area (Å²) in [5.74, 6) is -0.0243. The summed E-state index contributed by atoms with van der Waals surface area (Å²) in [6.07, 6.45) is 2.40. The van der Waals surface area contributed by atoms with Crippen molar-refractivity contribution >= 4 is 21.7 Å². The van der Waals surface area contributed by atoms with Gasteiger partial charge in [0.05, 0.1) is 6.07 Å². The lowest BCUT2D eigenvalue weighted by atomic mass is 9.66. The SMILES string of the molecule is N#CC1(C(=O)c2ccc(Br)cc2)CCC1. The molecule has 1 aliphatic carbocycles. The molecule has 0 saturated heterocycles. The molecular weight excluding hydrogens is 254 g/mol. The standard InChI is InChI=1S/C12H10BrNO/c13-10-4-2-9(3-5-10)11(15)12(8-14)6-1-7-12/h2-5H,1,6-7H2. The highest BCUT2D eigenvalue weighted by atomic mass is 79.9. The van der Waals surface area contributed by atoms with Gasteiger partial charge in [-0.05, 0) is 31.4 Å². The summed E-state index contributed by atoms with van der Waals surface area (Å²) < 4.78 is 0.943. The quantitative estimate of drug-likeness (QED) is 0.769. The maximum atomic E-state index is 12.1. The van der Waals surface area contributed by atoms with Gasteiger partial charge in [-0.2, -0.15) is 5.26 Å². The number of Topliss-reactive ketones (excluding diaryl/α,β-unsaturated/α-hetero) is 1. The van der Waals surface area contributed by atoms with Gasteiger partial charge in [-0.1, -0.05) is 28.1 Å². The Morgan fingerprint density at radius 3 is 2.33 bits per heavy atom. The minimum atomic E-state index is -0.728. The summed E-state index contributed by atoms with van der Waals surface area (Å²) in [5, 5.41) is 9.04. The maximum Gasteiger partial charge on any atom is 0.183 e. The van der Waals surface area contributed by atoms with Crippen molar-refractivity contribution in [2.75, 3.05) is 0 Å². The van der Waals surface area contributed by atoms with E-state index in [4.69, 9.17) is 5.26 Å². The van der Waals surface area contributed by atoms with Crippen LogP contribution < -0.4 is 0 Å². The molecule has 0 N–H and O–H groups in total. The summed E-state index contributed by atoms with van der Waals surface area (Å²) in [6.45, 7) is 0. The van der Waals surface area contributed by atoms with Gasteiger partial charge < -0.3 is 0 Å². The first-order chi connectivity index (χ1) is 7.18. The number of benzene rings is 1. The zero-order chi connectivity index (χ0) is 10.9. The van der Waals surface area contributed by atoms with Crippen molar-refractivity contribution in [1.82, 2.24) is 0 Å². The Kier molecular flexibility index (Phi) is 2.62. The highest BCUT2D eigenvalue weighted by Gasteiger charge is 2.44. The van der Waals surface area contributed by atoms with Crippen LogP contribution in [0, 0.1) is 16.7 Å². The molecule has 15 heavy (non-hydrogen) atoms. The minimum absolute atomic E-state index is 0.0243. The molecule has 2 nitrogen and oxygen atoms in total. The monoisotopic (exact) mass is 263 g/mol. The van der Waals surface area contributed by atoms with Gasteiger partial charge in [-0.3, -0.25) is 4.79 Å². The van der Waals surface area contributed by atoms with Crippen molar-refractivity contribution in [2.24, 2.45) is 5.41 Å². The number of nitrogens with zero attached hydrogens (tertiary/aromatic N) is 1. The Morgan fingerprint density at radius 2 is 1.93 bits per heavy atom. The van der Waals surface area contributed by atoms with E-state index >= 15 is 0 Å². The van der Waals surface area contributed by atoms with Crippen LogP contribution in [-0.2, 0) is 0 Å². The Morgan fingerprint density at radius 1 is 1.33 bits per heavy atom. The second-order valence-electron chi connectivity index (χ2n) is 3.88. The van der Waals surface area contributed by atoms with Gasteiger partial charge in [0.1, 0.15) is 5.41 Å². The summed E-state index contributed by atoms with van der Waals surface area (Å²) in [7, 11) is 0. The molecule has 0 aromatic heterocycles. The van der Waals surface area contributed by atoms with Crippen molar-refractivity contribution in [1.29, 1.82) is 5.26 Å². The summed E-state index contributed by atoms with van der Waals surface area (Å²) in [4.78, 5) is 12.1. The van der Waals surface area contributed by atoms with Gasteiger partial charge in [0, 0.05) is 10.0 Å². The van der Waals surface area contributed by atoms with E-state index in [2.05, 4.69) is 22.0 Å². The third kappa shape index (κ3) is 1.70. The fourth-order valence-corrected chi connectivity index (χ4v) is 2.06. The summed E-state index contributed by atoms with van der Waals surface area (Å²) >= 11 is 3.32. The van der Waals surface area contributed by atoms with Crippen molar-refractivity contribution < 1.29 is 4.79 Å². The van der Waals surface area contributed by atoms with Crippen molar-refractivity contribution in [3.63, 3.8) is 0 Å². The van der Waals surface area contributed by atoms with Crippen LogP contribution in [0.1, 0.15) is 29.6 Å². The average Bonchev–Trinajstić information content (AvgIpc) is 2.18. The maximum absolute atomic E-state index is 12.1. The van der Waals surface area contributed by atoms with E-state index in [1.54, 1.807) is 12.1 Å². The zero-order valence-corrected chi connectivity index (χ0v) is 9.75. The molecule has 0 spiro atoms. The van der Waals surface area contributed by atoms with Crippen molar-refractivity contribution in [2.45, 2.75) is 19.3 Å². The molecule has 0 aliphatic heterocycles. The van der Waals surface area contributed by atoms with Gasteiger partial charge in [-0.15, -0.1) is 0 Å². The Bertz CT molecular complexity index is 426. The molecule has 1 aliphatic rings. The normalized spacial score (nSPS) is 17.6. The van der Waals surface area contributed by atoms with Crippen LogP contribution in [0.4, 0.5) is 0 Å². The van der Waals surface area contributed by atoms with Crippen LogP contribution in [0.2, 0.25) is 0 Å². The van der Waals surface area contributed by atoms with E-state index in [1.165, 1.54) is 0 Å². The van der Waals surface area contributed by atoms with Crippen LogP contribution in [-0.4, -0.2) is 5.78 Å².